The molecule has 3 rings (SSSR count). The lowest BCUT2D eigenvalue weighted by Crippen LogP contribution is -2.69. The molecule has 1 aromatic rings. The van der Waals surface area contributed by atoms with E-state index >= 15 is 0 Å². The molecule has 7 nitrogen and oxygen atoms in total. The Morgan fingerprint density at radius 2 is 2.17 bits per heavy atom. The maximum Gasteiger partial charge on any atom is 0.316 e. The quantitative estimate of drug-likeness (QED) is 0.797. The smallest absolute Gasteiger partial charge is 0.316 e. The molecule has 2 fully saturated rings. The van der Waals surface area contributed by atoms with Crippen molar-refractivity contribution in [3.8, 4) is 6.01 Å². The van der Waals surface area contributed by atoms with E-state index in [1.165, 1.54) is 0 Å². The third kappa shape index (κ3) is 2.76. The van der Waals surface area contributed by atoms with Crippen molar-refractivity contribution in [2.45, 2.75) is 31.9 Å². The van der Waals surface area contributed by atoms with Gasteiger partial charge < -0.3 is 9.64 Å². The van der Waals surface area contributed by atoms with Crippen LogP contribution in [-0.2, 0) is 14.6 Å². The second-order valence-corrected chi connectivity index (χ2v) is 9.46. The van der Waals surface area contributed by atoms with Crippen molar-refractivity contribution in [2.75, 3.05) is 25.4 Å². The van der Waals surface area contributed by atoms with Gasteiger partial charge in [0.2, 0.25) is 5.91 Å². The van der Waals surface area contributed by atoms with E-state index in [1.807, 2.05) is 20.8 Å². The number of aryl methyl sites for hydroxylation is 1. The van der Waals surface area contributed by atoms with Gasteiger partial charge in [0.25, 0.3) is 0 Å². The van der Waals surface area contributed by atoms with Gasteiger partial charge in [-0.25, -0.2) is 18.4 Å². The zero-order valence-corrected chi connectivity index (χ0v) is 15.0. The van der Waals surface area contributed by atoms with Crippen LogP contribution in [0.3, 0.4) is 0 Å². The molecule has 3 heterocycles. The summed E-state index contributed by atoms with van der Waals surface area (Å²) < 4.78 is 29.9. The lowest BCUT2D eigenvalue weighted by Gasteiger charge is -2.50. The Labute approximate surface area is 142 Å². The molecule has 0 N–H and O–H groups in total. The Balaban J connectivity index is 1.71. The molecule has 0 aromatic carbocycles. The molecule has 0 saturated carbocycles. The predicted octanol–water partition coefficient (Wildman–Crippen LogP) is 0.836. The third-order valence-electron chi connectivity index (χ3n) is 5.01. The lowest BCUT2D eigenvalue weighted by atomic mass is 9.83. The first kappa shape index (κ1) is 17.1. The minimum Gasteiger partial charge on any atom is -0.463 e. The van der Waals surface area contributed by atoms with E-state index in [0.29, 0.717) is 6.42 Å². The number of ether oxygens (including phenoxy) is 1. The van der Waals surface area contributed by atoms with Crippen molar-refractivity contribution in [3.05, 3.63) is 18.0 Å². The molecule has 0 bridgehead atoms. The van der Waals surface area contributed by atoms with Crippen LogP contribution in [-0.4, -0.2) is 59.4 Å². The van der Waals surface area contributed by atoms with Gasteiger partial charge in [-0.1, -0.05) is 13.8 Å². The van der Waals surface area contributed by atoms with Gasteiger partial charge >= 0.3 is 6.01 Å². The summed E-state index contributed by atoms with van der Waals surface area (Å²) in [5.41, 5.74) is 0.797. The van der Waals surface area contributed by atoms with E-state index in [4.69, 9.17) is 4.74 Å². The molecule has 8 heteroatoms. The van der Waals surface area contributed by atoms with Crippen LogP contribution in [0.2, 0.25) is 0 Å². The Morgan fingerprint density at radius 3 is 2.79 bits per heavy atom. The Kier molecular flexibility index (Phi) is 4.27. The number of rotatable bonds is 4. The standard InChI is InChI=1S/C16H23N3O4S/c1-11(2)14(20)19-9-16(10-19)13(5-7-24(16,21)22)8-23-15-17-6-4-12(3)18-15/h4,6,11,13H,5,7-10H2,1-3H3. The van der Waals surface area contributed by atoms with Gasteiger partial charge in [0.1, 0.15) is 4.75 Å². The maximum absolute atomic E-state index is 12.6. The molecule has 2 aliphatic heterocycles. The topological polar surface area (TPSA) is 89.5 Å². The molecule has 1 aromatic heterocycles. The molecule has 24 heavy (non-hydrogen) atoms. The first-order chi connectivity index (χ1) is 11.2. The Hall–Kier alpha value is -1.70. The van der Waals surface area contributed by atoms with E-state index in [1.54, 1.807) is 17.2 Å². The predicted molar refractivity (Wildman–Crippen MR) is 88.3 cm³/mol. The van der Waals surface area contributed by atoms with E-state index in [9.17, 15) is 13.2 Å². The normalized spacial score (nSPS) is 24.2. The second-order valence-electron chi connectivity index (χ2n) is 7.01. The summed E-state index contributed by atoms with van der Waals surface area (Å²) in [4.78, 5) is 22.0. The number of nitrogens with zero attached hydrogens (tertiary/aromatic N) is 3. The number of likely N-dealkylation sites (tertiary alicyclic amines) is 1. The van der Waals surface area contributed by atoms with Crippen molar-refractivity contribution in [2.24, 2.45) is 11.8 Å². The Morgan fingerprint density at radius 1 is 1.46 bits per heavy atom. The van der Waals surface area contributed by atoms with E-state index in [-0.39, 0.29) is 49.2 Å². The lowest BCUT2D eigenvalue weighted by molar-refractivity contribution is -0.141. The third-order valence-corrected chi connectivity index (χ3v) is 7.61. The fraction of sp³-hybridized carbons (Fsp3) is 0.688. The van der Waals surface area contributed by atoms with Crippen LogP contribution in [0.4, 0.5) is 0 Å². The molecular weight excluding hydrogens is 330 g/mol. The minimum absolute atomic E-state index is 0.00408. The number of carbonyl (C=O) groups is 1. The highest BCUT2D eigenvalue weighted by Gasteiger charge is 2.62. The molecular formula is C16H23N3O4S. The van der Waals surface area contributed by atoms with Crippen molar-refractivity contribution in [1.82, 2.24) is 14.9 Å². The Bertz CT molecular complexity index is 741. The van der Waals surface area contributed by atoms with E-state index in [0.717, 1.165) is 5.69 Å². The number of amides is 1. The average molecular weight is 353 g/mol. The molecule has 132 valence electrons. The highest BCUT2D eigenvalue weighted by molar-refractivity contribution is 7.93. The molecule has 0 radical (unpaired) electrons. The summed E-state index contributed by atoms with van der Waals surface area (Å²) in [6, 6.07) is 2.04. The molecule has 1 spiro atoms. The van der Waals surface area contributed by atoms with Crippen molar-refractivity contribution < 1.29 is 17.9 Å². The summed E-state index contributed by atoms with van der Waals surface area (Å²) >= 11 is 0. The molecule has 0 aliphatic carbocycles. The highest BCUT2D eigenvalue weighted by Crippen LogP contribution is 2.45. The molecule has 2 aliphatic rings. The van der Waals surface area contributed by atoms with Gasteiger partial charge in [-0.15, -0.1) is 0 Å². The van der Waals surface area contributed by atoms with Gasteiger partial charge in [0.05, 0.1) is 12.4 Å². The summed E-state index contributed by atoms with van der Waals surface area (Å²) in [6.07, 6.45) is 2.17. The number of sulfone groups is 1. The zero-order valence-electron chi connectivity index (χ0n) is 14.2. The van der Waals surface area contributed by atoms with Crippen LogP contribution in [0.5, 0.6) is 6.01 Å². The molecule has 1 amide bonds. The van der Waals surface area contributed by atoms with Gasteiger partial charge in [0.15, 0.2) is 9.84 Å². The zero-order chi connectivity index (χ0) is 17.5. The summed E-state index contributed by atoms with van der Waals surface area (Å²) in [5, 5.41) is 0. The molecule has 1 atom stereocenters. The largest absolute Gasteiger partial charge is 0.463 e. The number of aromatic nitrogens is 2. The SMILES string of the molecule is Cc1ccnc(OCC2CCS(=O)(=O)C23CN(C(=O)C(C)C)C3)n1. The van der Waals surface area contributed by atoms with Gasteiger partial charge in [0, 0.05) is 36.8 Å². The van der Waals surface area contributed by atoms with Crippen LogP contribution >= 0.6 is 0 Å². The molecule has 2 saturated heterocycles. The van der Waals surface area contributed by atoms with Crippen LogP contribution in [0, 0.1) is 18.8 Å². The van der Waals surface area contributed by atoms with Crippen molar-refractivity contribution in [1.29, 1.82) is 0 Å². The van der Waals surface area contributed by atoms with Gasteiger partial charge in [-0.3, -0.25) is 4.79 Å². The second kappa shape index (κ2) is 5.98. The number of carbonyl (C=O) groups excluding carboxylic acids is 1. The van der Waals surface area contributed by atoms with E-state index < -0.39 is 14.6 Å². The van der Waals surface area contributed by atoms with Crippen LogP contribution in [0.15, 0.2) is 12.3 Å². The highest BCUT2D eigenvalue weighted by atomic mass is 32.2. The van der Waals surface area contributed by atoms with Gasteiger partial charge in [-0.2, -0.15) is 0 Å². The summed E-state index contributed by atoms with van der Waals surface area (Å²) in [7, 11) is -3.22. The van der Waals surface area contributed by atoms with Crippen molar-refractivity contribution >= 4 is 15.7 Å². The summed E-state index contributed by atoms with van der Waals surface area (Å²) in [5.74, 6) is -0.103. The first-order valence-electron chi connectivity index (χ1n) is 8.19. The maximum atomic E-state index is 12.6. The van der Waals surface area contributed by atoms with E-state index in [2.05, 4.69) is 9.97 Å². The van der Waals surface area contributed by atoms with Crippen molar-refractivity contribution in [3.63, 3.8) is 0 Å². The fourth-order valence-electron chi connectivity index (χ4n) is 3.50. The van der Waals surface area contributed by atoms with Crippen LogP contribution in [0.1, 0.15) is 26.0 Å². The minimum atomic E-state index is -3.22. The fourth-order valence-corrected chi connectivity index (χ4v) is 5.90. The summed E-state index contributed by atoms with van der Waals surface area (Å²) in [6.45, 7) is 6.30. The first-order valence-corrected chi connectivity index (χ1v) is 9.84. The van der Waals surface area contributed by atoms with Crippen LogP contribution < -0.4 is 4.74 Å². The monoisotopic (exact) mass is 353 g/mol. The van der Waals surface area contributed by atoms with Gasteiger partial charge in [-0.05, 0) is 19.4 Å². The van der Waals surface area contributed by atoms with Crippen LogP contribution in [0.25, 0.3) is 0 Å². The number of hydrogen-bond donors (Lipinski definition) is 0. The average Bonchev–Trinajstić information content (AvgIpc) is 2.73. The molecule has 1 unspecified atom stereocenters. The number of hydrogen-bond acceptors (Lipinski definition) is 6.